The molecule has 0 atom stereocenters. The minimum absolute atomic E-state index is 0.116. The van der Waals surface area contributed by atoms with E-state index < -0.39 is 0 Å². The lowest BCUT2D eigenvalue weighted by molar-refractivity contribution is -0.121. The van der Waals surface area contributed by atoms with Gasteiger partial charge in [0.15, 0.2) is 0 Å². The minimum atomic E-state index is 0.116. The van der Waals surface area contributed by atoms with Gasteiger partial charge < -0.3 is 15.0 Å². The van der Waals surface area contributed by atoms with Crippen LogP contribution in [0, 0.1) is 0 Å². The van der Waals surface area contributed by atoms with Crippen LogP contribution >= 0.6 is 0 Å². The van der Waals surface area contributed by atoms with Gasteiger partial charge in [-0.15, -0.1) is 0 Å². The quantitative estimate of drug-likeness (QED) is 0.689. The van der Waals surface area contributed by atoms with Crippen molar-refractivity contribution < 1.29 is 9.53 Å². The molecule has 2 heterocycles. The van der Waals surface area contributed by atoms with Gasteiger partial charge in [-0.05, 0) is 12.5 Å². The molecular weight excluding hydrogens is 282 g/mol. The molecule has 7 nitrogen and oxygen atoms in total. The average molecular weight is 307 g/mol. The van der Waals surface area contributed by atoms with Crippen molar-refractivity contribution >= 4 is 11.9 Å². The van der Waals surface area contributed by atoms with Gasteiger partial charge in [-0.25, -0.2) is 9.97 Å². The fourth-order valence-corrected chi connectivity index (χ4v) is 2.42. The van der Waals surface area contributed by atoms with Crippen molar-refractivity contribution in [3.63, 3.8) is 0 Å². The van der Waals surface area contributed by atoms with Crippen LogP contribution in [0.15, 0.2) is 18.5 Å². The van der Waals surface area contributed by atoms with E-state index >= 15 is 0 Å². The predicted molar refractivity (Wildman–Crippen MR) is 84.8 cm³/mol. The van der Waals surface area contributed by atoms with Crippen LogP contribution < -0.4 is 10.2 Å². The number of hydrogen-bond acceptors (Lipinski definition) is 6. The smallest absolute Gasteiger partial charge is 0.225 e. The Bertz CT molecular complexity index is 435. The normalized spacial score (nSPS) is 15.8. The summed E-state index contributed by atoms with van der Waals surface area (Å²) in [5.74, 6) is 0.906. The number of nitrogens with one attached hydrogen (secondary N) is 1. The number of carbonyl (C=O) groups is 1. The number of rotatable bonds is 8. The highest BCUT2D eigenvalue weighted by molar-refractivity contribution is 5.76. The number of carbonyl (C=O) groups excluding carboxylic acids is 1. The molecule has 0 unspecified atom stereocenters. The van der Waals surface area contributed by atoms with Gasteiger partial charge in [0, 0.05) is 71.8 Å². The lowest BCUT2D eigenvalue weighted by atomic mass is 10.3. The van der Waals surface area contributed by atoms with Crippen molar-refractivity contribution in [1.29, 1.82) is 0 Å². The molecule has 1 aromatic rings. The Morgan fingerprint density at radius 3 is 2.68 bits per heavy atom. The Kier molecular flexibility index (Phi) is 7.05. The molecule has 0 spiro atoms. The topological polar surface area (TPSA) is 70.6 Å². The van der Waals surface area contributed by atoms with Gasteiger partial charge in [0.2, 0.25) is 11.9 Å². The highest BCUT2D eigenvalue weighted by Crippen LogP contribution is 2.09. The summed E-state index contributed by atoms with van der Waals surface area (Å²) in [6.07, 6.45) is 4.94. The Balaban J connectivity index is 1.60. The summed E-state index contributed by atoms with van der Waals surface area (Å²) in [7, 11) is 1.67. The maximum atomic E-state index is 11.7. The van der Waals surface area contributed by atoms with E-state index in [1.807, 2.05) is 6.07 Å². The van der Waals surface area contributed by atoms with E-state index in [0.717, 1.165) is 45.1 Å². The fourth-order valence-electron chi connectivity index (χ4n) is 2.42. The Labute approximate surface area is 131 Å². The molecule has 1 saturated heterocycles. The summed E-state index contributed by atoms with van der Waals surface area (Å²) in [6, 6.07) is 1.82. The second-order valence-corrected chi connectivity index (χ2v) is 5.32. The SMILES string of the molecule is COCCCNC(=O)CCN1CCN(c2ncccn2)CC1. The van der Waals surface area contributed by atoms with Crippen molar-refractivity contribution in [2.75, 3.05) is 57.9 Å². The van der Waals surface area contributed by atoms with E-state index in [2.05, 4.69) is 25.1 Å². The Morgan fingerprint density at radius 2 is 2.00 bits per heavy atom. The first-order valence-corrected chi connectivity index (χ1v) is 7.79. The van der Waals surface area contributed by atoms with Gasteiger partial charge in [-0.2, -0.15) is 0 Å². The van der Waals surface area contributed by atoms with Crippen LogP contribution in [0.2, 0.25) is 0 Å². The number of methoxy groups -OCH3 is 1. The van der Waals surface area contributed by atoms with Crippen LogP contribution in [-0.2, 0) is 9.53 Å². The van der Waals surface area contributed by atoms with Gasteiger partial charge >= 0.3 is 0 Å². The molecule has 22 heavy (non-hydrogen) atoms. The van der Waals surface area contributed by atoms with Crippen LogP contribution in [0.3, 0.4) is 0 Å². The number of aromatic nitrogens is 2. The monoisotopic (exact) mass is 307 g/mol. The molecule has 0 bridgehead atoms. The van der Waals surface area contributed by atoms with Crippen LogP contribution in [0.25, 0.3) is 0 Å². The zero-order valence-electron chi connectivity index (χ0n) is 13.2. The summed E-state index contributed by atoms with van der Waals surface area (Å²) in [5, 5.41) is 2.92. The Morgan fingerprint density at radius 1 is 1.27 bits per heavy atom. The summed E-state index contributed by atoms with van der Waals surface area (Å²) in [6.45, 7) is 5.86. The standard InChI is InChI=1S/C15H25N5O2/c1-22-13-3-7-16-14(21)4-8-19-9-11-20(12-10-19)15-17-5-2-6-18-15/h2,5-6H,3-4,7-13H2,1H3,(H,16,21). The summed E-state index contributed by atoms with van der Waals surface area (Å²) in [4.78, 5) is 24.8. The van der Waals surface area contributed by atoms with Crippen LogP contribution in [0.5, 0.6) is 0 Å². The molecule has 1 fully saturated rings. The van der Waals surface area contributed by atoms with E-state index in [-0.39, 0.29) is 5.91 Å². The molecule has 1 amide bonds. The molecule has 1 aliphatic rings. The highest BCUT2D eigenvalue weighted by atomic mass is 16.5. The van der Waals surface area contributed by atoms with Crippen molar-refractivity contribution in [3.8, 4) is 0 Å². The largest absolute Gasteiger partial charge is 0.385 e. The van der Waals surface area contributed by atoms with Crippen LogP contribution in [-0.4, -0.2) is 73.8 Å². The van der Waals surface area contributed by atoms with Gasteiger partial charge in [0.25, 0.3) is 0 Å². The van der Waals surface area contributed by atoms with Gasteiger partial charge in [0.1, 0.15) is 0 Å². The van der Waals surface area contributed by atoms with E-state index in [4.69, 9.17) is 4.74 Å². The van der Waals surface area contributed by atoms with Gasteiger partial charge in [-0.1, -0.05) is 0 Å². The highest BCUT2D eigenvalue weighted by Gasteiger charge is 2.18. The lowest BCUT2D eigenvalue weighted by Gasteiger charge is -2.34. The molecule has 0 radical (unpaired) electrons. The molecule has 0 saturated carbocycles. The number of piperazine rings is 1. The zero-order valence-corrected chi connectivity index (χ0v) is 13.2. The third kappa shape index (κ3) is 5.57. The first kappa shape index (κ1) is 16.6. The molecule has 7 heteroatoms. The predicted octanol–water partition coefficient (Wildman–Crippen LogP) is 0.141. The lowest BCUT2D eigenvalue weighted by Crippen LogP contribution is -2.47. The summed E-state index contributed by atoms with van der Waals surface area (Å²) in [5.41, 5.74) is 0. The molecule has 1 N–H and O–H groups in total. The van der Waals surface area contributed by atoms with E-state index in [0.29, 0.717) is 19.6 Å². The van der Waals surface area contributed by atoms with E-state index in [1.165, 1.54) is 0 Å². The van der Waals surface area contributed by atoms with Crippen molar-refractivity contribution in [1.82, 2.24) is 20.2 Å². The molecule has 1 aliphatic heterocycles. The fraction of sp³-hybridized carbons (Fsp3) is 0.667. The van der Waals surface area contributed by atoms with Crippen molar-refractivity contribution in [2.45, 2.75) is 12.8 Å². The molecule has 2 rings (SSSR count). The third-order valence-corrected chi connectivity index (χ3v) is 3.71. The van der Waals surface area contributed by atoms with Crippen LogP contribution in [0.4, 0.5) is 5.95 Å². The third-order valence-electron chi connectivity index (χ3n) is 3.71. The maximum Gasteiger partial charge on any atom is 0.225 e. The number of ether oxygens (including phenoxy) is 1. The van der Waals surface area contributed by atoms with E-state index in [1.54, 1.807) is 19.5 Å². The first-order chi connectivity index (χ1) is 10.8. The number of anilines is 1. The van der Waals surface area contributed by atoms with Crippen LogP contribution in [0.1, 0.15) is 12.8 Å². The van der Waals surface area contributed by atoms with E-state index in [9.17, 15) is 4.79 Å². The molecular formula is C15H25N5O2. The molecule has 0 aromatic carbocycles. The first-order valence-electron chi connectivity index (χ1n) is 7.79. The molecule has 1 aromatic heterocycles. The van der Waals surface area contributed by atoms with Crippen molar-refractivity contribution in [3.05, 3.63) is 18.5 Å². The molecule has 0 aliphatic carbocycles. The zero-order chi connectivity index (χ0) is 15.6. The number of nitrogens with zero attached hydrogens (tertiary/aromatic N) is 4. The second kappa shape index (κ2) is 9.32. The number of amides is 1. The summed E-state index contributed by atoms with van der Waals surface area (Å²) < 4.78 is 4.95. The maximum absolute atomic E-state index is 11.7. The summed E-state index contributed by atoms with van der Waals surface area (Å²) >= 11 is 0. The number of hydrogen-bond donors (Lipinski definition) is 1. The molecule has 122 valence electrons. The van der Waals surface area contributed by atoms with Gasteiger partial charge in [-0.3, -0.25) is 9.69 Å². The Hall–Kier alpha value is -1.73. The second-order valence-electron chi connectivity index (χ2n) is 5.32. The van der Waals surface area contributed by atoms with Crippen molar-refractivity contribution in [2.24, 2.45) is 0 Å². The minimum Gasteiger partial charge on any atom is -0.385 e. The van der Waals surface area contributed by atoms with Gasteiger partial charge in [0.05, 0.1) is 0 Å². The average Bonchev–Trinajstić information content (AvgIpc) is 2.58.